The van der Waals surface area contributed by atoms with Crippen LogP contribution >= 0.6 is 10.8 Å². The van der Waals surface area contributed by atoms with Crippen LogP contribution in [-0.2, 0) is 8.87 Å². The van der Waals surface area contributed by atoms with E-state index in [1.807, 2.05) is 0 Å². The van der Waals surface area contributed by atoms with Crippen molar-refractivity contribution in [2.45, 2.75) is 9.79 Å². The average Bonchev–Trinajstić information content (AvgIpc) is 2.32. The predicted octanol–water partition coefficient (Wildman–Crippen LogP) is 2.58. The second-order valence-electron chi connectivity index (χ2n) is 3.53. The van der Waals surface area contributed by atoms with Gasteiger partial charge in [-0.2, -0.15) is 0 Å². The molecule has 0 unspecified atom stereocenters. The van der Waals surface area contributed by atoms with Crippen molar-refractivity contribution in [2.24, 2.45) is 0 Å². The molecular formula is C12H10O4S2. The normalized spacial score (nSPS) is 11.3. The maximum Gasteiger partial charge on any atom is 0.234 e. The van der Waals surface area contributed by atoms with E-state index in [2.05, 4.69) is 0 Å². The number of phenolic OH excluding ortho intramolecular Hbond substituents is 2. The number of phenols is 2. The molecule has 0 fully saturated rings. The molecule has 6 heteroatoms. The third-order valence-electron chi connectivity index (χ3n) is 2.17. The van der Waals surface area contributed by atoms with Crippen LogP contribution in [0.25, 0.3) is 0 Å². The Morgan fingerprint density at radius 2 is 1.22 bits per heavy atom. The molecule has 0 atom stereocenters. The van der Waals surface area contributed by atoms with Gasteiger partial charge in [-0.15, -0.1) is 0 Å². The highest BCUT2D eigenvalue weighted by molar-refractivity contribution is 8.72. The summed E-state index contributed by atoms with van der Waals surface area (Å²) in [5.74, 6) is 0.102. The fraction of sp³-hybridized carbons (Fsp3) is 0. The molecule has 0 aliphatic carbocycles. The third-order valence-corrected chi connectivity index (χ3v) is 5.51. The first-order valence-electron chi connectivity index (χ1n) is 5.00. The molecule has 0 aliphatic rings. The van der Waals surface area contributed by atoms with Crippen LogP contribution in [0.15, 0.2) is 58.3 Å². The molecule has 2 rings (SSSR count). The van der Waals surface area contributed by atoms with Crippen LogP contribution in [0.5, 0.6) is 11.5 Å². The van der Waals surface area contributed by atoms with Crippen LogP contribution < -0.4 is 0 Å². The Bertz CT molecular complexity index is 631. The molecule has 0 radical (unpaired) electrons. The summed E-state index contributed by atoms with van der Waals surface area (Å²) in [6, 6.07) is 11.2. The van der Waals surface area contributed by atoms with Crippen molar-refractivity contribution in [3.8, 4) is 11.5 Å². The van der Waals surface area contributed by atoms with Gasteiger partial charge < -0.3 is 10.2 Å². The van der Waals surface area contributed by atoms with Crippen molar-refractivity contribution >= 4 is 19.7 Å². The highest BCUT2D eigenvalue weighted by Gasteiger charge is 2.16. The lowest BCUT2D eigenvalue weighted by atomic mass is 10.3. The molecule has 0 amide bonds. The molecule has 0 spiro atoms. The monoisotopic (exact) mass is 282 g/mol. The first-order chi connectivity index (χ1) is 8.47. The van der Waals surface area contributed by atoms with Crippen LogP contribution in [0.2, 0.25) is 0 Å². The van der Waals surface area contributed by atoms with Crippen molar-refractivity contribution in [1.29, 1.82) is 0 Å². The average molecular weight is 282 g/mol. The van der Waals surface area contributed by atoms with Crippen LogP contribution in [0.4, 0.5) is 0 Å². The van der Waals surface area contributed by atoms with Gasteiger partial charge in [0.15, 0.2) is 0 Å². The number of aromatic hydroxyl groups is 2. The van der Waals surface area contributed by atoms with E-state index >= 15 is 0 Å². The molecule has 4 nitrogen and oxygen atoms in total. The summed E-state index contributed by atoms with van der Waals surface area (Å²) in [5, 5.41) is 18.2. The molecule has 2 N–H and O–H groups in total. The lowest BCUT2D eigenvalue weighted by Gasteiger charge is -2.04. The fourth-order valence-electron chi connectivity index (χ4n) is 1.29. The van der Waals surface area contributed by atoms with E-state index in [1.54, 1.807) is 0 Å². The molecule has 2 aromatic carbocycles. The summed E-state index contributed by atoms with van der Waals surface area (Å²) in [6.07, 6.45) is 0. The van der Waals surface area contributed by atoms with E-state index in [0.717, 1.165) is 0 Å². The fourth-order valence-corrected chi connectivity index (χ4v) is 4.07. The van der Waals surface area contributed by atoms with E-state index in [0.29, 0.717) is 15.7 Å². The van der Waals surface area contributed by atoms with Crippen molar-refractivity contribution in [3.63, 3.8) is 0 Å². The second kappa shape index (κ2) is 4.91. The third kappa shape index (κ3) is 2.96. The molecule has 0 aromatic heterocycles. The lowest BCUT2D eigenvalue weighted by molar-refractivity contribution is 0.474. The van der Waals surface area contributed by atoms with Crippen LogP contribution in [0.3, 0.4) is 0 Å². The van der Waals surface area contributed by atoms with E-state index in [4.69, 9.17) is 10.2 Å². The minimum Gasteiger partial charge on any atom is -0.508 e. The summed E-state index contributed by atoms with van der Waals surface area (Å²) >= 11 is 0. The molecular weight excluding hydrogens is 272 g/mol. The van der Waals surface area contributed by atoms with Gasteiger partial charge in [-0.25, -0.2) is 8.42 Å². The van der Waals surface area contributed by atoms with Gasteiger partial charge in [0, 0.05) is 15.7 Å². The molecule has 18 heavy (non-hydrogen) atoms. The largest absolute Gasteiger partial charge is 0.508 e. The standard InChI is InChI=1S/C12H10O4S2/c13-9-1-5-11(6-2-9)17-18(15,16)12-7-3-10(14)4-8-12/h1-8,13-14H. The van der Waals surface area contributed by atoms with Crippen molar-refractivity contribution in [3.05, 3.63) is 48.5 Å². The van der Waals surface area contributed by atoms with Crippen molar-refractivity contribution in [1.82, 2.24) is 0 Å². The Hall–Kier alpha value is -1.66. The van der Waals surface area contributed by atoms with E-state index in [1.165, 1.54) is 48.5 Å². The van der Waals surface area contributed by atoms with Gasteiger partial charge in [0.25, 0.3) is 0 Å². The summed E-state index contributed by atoms with van der Waals surface area (Å²) in [7, 11) is -2.83. The quantitative estimate of drug-likeness (QED) is 0.846. The maximum atomic E-state index is 12.0. The van der Waals surface area contributed by atoms with Crippen molar-refractivity contribution in [2.75, 3.05) is 0 Å². The van der Waals surface area contributed by atoms with Crippen LogP contribution in [0, 0.1) is 0 Å². The number of benzene rings is 2. The molecule has 0 aliphatic heterocycles. The molecule has 0 saturated carbocycles. The summed E-state index contributed by atoms with van der Waals surface area (Å²) in [6.45, 7) is 0. The zero-order chi connectivity index (χ0) is 13.2. The SMILES string of the molecule is O=S(=O)(Sc1ccc(O)cc1)c1ccc(O)cc1. The first kappa shape index (κ1) is 12.8. The van der Waals surface area contributed by atoms with Crippen molar-refractivity contribution < 1.29 is 18.6 Å². The second-order valence-corrected chi connectivity index (χ2v) is 7.36. The van der Waals surface area contributed by atoms with Gasteiger partial charge in [-0.05, 0) is 48.5 Å². The summed E-state index contributed by atoms with van der Waals surface area (Å²) in [5.41, 5.74) is 0. The Labute approximate surface area is 108 Å². The molecule has 0 heterocycles. The van der Waals surface area contributed by atoms with E-state index < -0.39 is 8.87 Å². The van der Waals surface area contributed by atoms with Gasteiger partial charge in [0.1, 0.15) is 11.5 Å². The lowest BCUT2D eigenvalue weighted by Crippen LogP contribution is -1.94. The topological polar surface area (TPSA) is 74.6 Å². The van der Waals surface area contributed by atoms with Gasteiger partial charge in [-0.3, -0.25) is 0 Å². The van der Waals surface area contributed by atoms with Gasteiger partial charge in [0.2, 0.25) is 8.87 Å². The highest BCUT2D eigenvalue weighted by Crippen LogP contribution is 2.32. The summed E-state index contributed by atoms with van der Waals surface area (Å²) in [4.78, 5) is 0.638. The maximum absolute atomic E-state index is 12.0. The minimum absolute atomic E-state index is 0.0172. The zero-order valence-electron chi connectivity index (χ0n) is 9.15. The number of hydrogen-bond donors (Lipinski definition) is 2. The smallest absolute Gasteiger partial charge is 0.234 e. The Kier molecular flexibility index (Phi) is 3.49. The van der Waals surface area contributed by atoms with Gasteiger partial charge >= 0.3 is 0 Å². The molecule has 2 aromatic rings. The van der Waals surface area contributed by atoms with Crippen LogP contribution in [-0.4, -0.2) is 18.6 Å². The first-order valence-corrected chi connectivity index (χ1v) is 7.81. The molecule has 0 saturated heterocycles. The van der Waals surface area contributed by atoms with E-state index in [9.17, 15) is 8.42 Å². The molecule has 94 valence electrons. The van der Waals surface area contributed by atoms with Gasteiger partial charge in [0.05, 0.1) is 4.90 Å². The van der Waals surface area contributed by atoms with Crippen LogP contribution in [0.1, 0.15) is 0 Å². The Morgan fingerprint density at radius 1 is 0.778 bits per heavy atom. The zero-order valence-corrected chi connectivity index (χ0v) is 10.8. The Balaban J connectivity index is 2.27. The number of hydrogen-bond acceptors (Lipinski definition) is 5. The highest BCUT2D eigenvalue weighted by atomic mass is 33.1. The predicted molar refractivity (Wildman–Crippen MR) is 69.3 cm³/mol. The van der Waals surface area contributed by atoms with Gasteiger partial charge in [-0.1, -0.05) is 0 Å². The Morgan fingerprint density at radius 3 is 1.72 bits per heavy atom. The van der Waals surface area contributed by atoms with E-state index in [-0.39, 0.29) is 16.4 Å². The summed E-state index contributed by atoms with van der Waals surface area (Å²) < 4.78 is 24.0. The minimum atomic E-state index is -3.52. The molecule has 0 bridgehead atoms. The number of rotatable bonds is 3.